The molecule has 3 nitrogen and oxygen atoms in total. The molecule has 1 heterocycles. The molecule has 0 radical (unpaired) electrons. The number of aliphatic hydroxyl groups excluding tert-OH is 1. The van der Waals surface area contributed by atoms with Crippen LogP contribution in [0.4, 0.5) is 4.39 Å². The molecular formula is C11H9BrFIN2O. The van der Waals surface area contributed by atoms with Crippen LogP contribution in [0.25, 0.3) is 0 Å². The van der Waals surface area contributed by atoms with Gasteiger partial charge in [-0.2, -0.15) is 5.10 Å². The highest BCUT2D eigenvalue weighted by Crippen LogP contribution is 2.30. The summed E-state index contributed by atoms with van der Waals surface area (Å²) in [6, 6.07) is 4.32. The van der Waals surface area contributed by atoms with Gasteiger partial charge in [0.25, 0.3) is 0 Å². The lowest BCUT2D eigenvalue weighted by atomic mass is 10.1. The minimum atomic E-state index is -0.829. The van der Waals surface area contributed by atoms with E-state index in [-0.39, 0.29) is 5.82 Å². The highest BCUT2D eigenvalue weighted by molar-refractivity contribution is 14.1. The van der Waals surface area contributed by atoms with E-state index in [2.05, 4.69) is 21.0 Å². The minimum absolute atomic E-state index is 0.311. The molecule has 1 aromatic heterocycles. The molecule has 0 aliphatic rings. The monoisotopic (exact) mass is 410 g/mol. The summed E-state index contributed by atoms with van der Waals surface area (Å²) in [7, 11) is 1.75. The first-order valence-corrected chi connectivity index (χ1v) is 6.68. The van der Waals surface area contributed by atoms with Gasteiger partial charge in [0.1, 0.15) is 11.9 Å². The number of rotatable bonds is 2. The van der Waals surface area contributed by atoms with E-state index in [1.807, 2.05) is 22.6 Å². The molecule has 1 aromatic carbocycles. The molecule has 1 N–H and O–H groups in total. The Morgan fingerprint density at radius 1 is 1.53 bits per heavy atom. The average Bonchev–Trinajstić information content (AvgIpc) is 2.58. The highest BCUT2D eigenvalue weighted by atomic mass is 127. The van der Waals surface area contributed by atoms with Crippen LogP contribution in [0.2, 0.25) is 0 Å². The Bertz CT molecular complexity index is 539. The second kappa shape index (κ2) is 5.03. The third-order valence-electron chi connectivity index (χ3n) is 2.45. The molecule has 0 aliphatic carbocycles. The third kappa shape index (κ3) is 2.53. The van der Waals surface area contributed by atoms with Crippen molar-refractivity contribution in [3.8, 4) is 0 Å². The summed E-state index contributed by atoms with van der Waals surface area (Å²) in [6.45, 7) is 0. The SMILES string of the molecule is Cn1ncc(Br)c1C(O)c1ccc(F)cc1I. The number of hydrogen-bond donors (Lipinski definition) is 1. The molecule has 1 atom stereocenters. The highest BCUT2D eigenvalue weighted by Gasteiger charge is 2.20. The Hall–Kier alpha value is -0.470. The van der Waals surface area contributed by atoms with Crippen molar-refractivity contribution in [3.63, 3.8) is 0 Å². The van der Waals surface area contributed by atoms with Gasteiger partial charge in [-0.25, -0.2) is 4.39 Å². The van der Waals surface area contributed by atoms with Crippen LogP contribution in [0.15, 0.2) is 28.9 Å². The Labute approximate surface area is 120 Å². The van der Waals surface area contributed by atoms with Crippen molar-refractivity contribution in [1.29, 1.82) is 0 Å². The molecule has 0 bridgehead atoms. The smallest absolute Gasteiger partial charge is 0.124 e. The van der Waals surface area contributed by atoms with E-state index in [0.29, 0.717) is 14.8 Å². The van der Waals surface area contributed by atoms with Gasteiger partial charge in [-0.15, -0.1) is 0 Å². The number of halogens is 3. The molecule has 1 unspecified atom stereocenters. The number of nitrogens with zero attached hydrogens (tertiary/aromatic N) is 2. The zero-order valence-electron chi connectivity index (χ0n) is 8.86. The lowest BCUT2D eigenvalue weighted by Gasteiger charge is -2.14. The molecule has 0 fully saturated rings. The normalized spacial score (nSPS) is 12.8. The van der Waals surface area contributed by atoms with E-state index in [1.165, 1.54) is 12.1 Å². The van der Waals surface area contributed by atoms with Gasteiger partial charge in [0.05, 0.1) is 16.4 Å². The molecular weight excluding hydrogens is 402 g/mol. The standard InChI is InChI=1S/C11H9BrFIN2O/c1-16-10(8(12)5-15-16)11(17)7-3-2-6(13)4-9(7)14/h2-5,11,17H,1H3. The summed E-state index contributed by atoms with van der Waals surface area (Å²) in [5, 5.41) is 14.3. The van der Waals surface area contributed by atoms with Crippen molar-refractivity contribution in [2.75, 3.05) is 0 Å². The Morgan fingerprint density at radius 3 is 2.76 bits per heavy atom. The lowest BCUT2D eigenvalue weighted by molar-refractivity contribution is 0.208. The molecule has 2 aromatic rings. The van der Waals surface area contributed by atoms with Crippen LogP contribution < -0.4 is 0 Å². The topological polar surface area (TPSA) is 38.0 Å². The fourth-order valence-electron chi connectivity index (χ4n) is 1.60. The summed E-state index contributed by atoms with van der Waals surface area (Å²) >= 11 is 5.34. The Morgan fingerprint density at radius 2 is 2.24 bits per heavy atom. The quantitative estimate of drug-likeness (QED) is 0.773. The molecule has 90 valence electrons. The van der Waals surface area contributed by atoms with Crippen molar-refractivity contribution >= 4 is 38.5 Å². The average molecular weight is 411 g/mol. The first-order chi connectivity index (χ1) is 8.00. The van der Waals surface area contributed by atoms with Crippen LogP contribution in [0.1, 0.15) is 17.4 Å². The second-order valence-corrected chi connectivity index (χ2v) is 5.59. The Kier molecular flexibility index (Phi) is 3.84. The number of benzene rings is 1. The molecule has 17 heavy (non-hydrogen) atoms. The van der Waals surface area contributed by atoms with Crippen LogP contribution >= 0.6 is 38.5 Å². The Balaban J connectivity index is 2.47. The maximum absolute atomic E-state index is 13.0. The van der Waals surface area contributed by atoms with Crippen molar-refractivity contribution in [2.24, 2.45) is 7.05 Å². The number of hydrogen-bond acceptors (Lipinski definition) is 2. The van der Waals surface area contributed by atoms with Crippen molar-refractivity contribution < 1.29 is 9.50 Å². The second-order valence-electron chi connectivity index (χ2n) is 3.57. The molecule has 0 aliphatic heterocycles. The van der Waals surface area contributed by atoms with E-state index in [4.69, 9.17) is 0 Å². The van der Waals surface area contributed by atoms with E-state index in [1.54, 1.807) is 24.0 Å². The minimum Gasteiger partial charge on any atom is -0.382 e. The van der Waals surface area contributed by atoms with Gasteiger partial charge >= 0.3 is 0 Å². The van der Waals surface area contributed by atoms with Crippen molar-refractivity contribution in [1.82, 2.24) is 9.78 Å². The maximum Gasteiger partial charge on any atom is 0.124 e. The largest absolute Gasteiger partial charge is 0.382 e. The van der Waals surface area contributed by atoms with Crippen molar-refractivity contribution in [2.45, 2.75) is 6.10 Å². The molecule has 0 spiro atoms. The fraction of sp³-hybridized carbons (Fsp3) is 0.182. The van der Waals surface area contributed by atoms with E-state index in [9.17, 15) is 9.50 Å². The zero-order valence-corrected chi connectivity index (χ0v) is 12.6. The number of aliphatic hydroxyl groups is 1. The fourth-order valence-corrected chi connectivity index (χ4v) is 2.94. The van der Waals surface area contributed by atoms with Gasteiger partial charge in [-0.05, 0) is 50.7 Å². The van der Waals surface area contributed by atoms with Gasteiger partial charge in [-0.1, -0.05) is 6.07 Å². The van der Waals surface area contributed by atoms with Crippen LogP contribution in [0.5, 0.6) is 0 Å². The summed E-state index contributed by atoms with van der Waals surface area (Å²) in [4.78, 5) is 0. The van der Waals surface area contributed by atoms with Crippen LogP contribution in [0, 0.1) is 9.39 Å². The van der Waals surface area contributed by atoms with Crippen LogP contribution in [-0.4, -0.2) is 14.9 Å². The number of aromatic nitrogens is 2. The van der Waals surface area contributed by atoms with E-state index in [0.717, 1.165) is 4.47 Å². The summed E-state index contributed by atoms with van der Waals surface area (Å²) in [6.07, 6.45) is 0.791. The van der Waals surface area contributed by atoms with Gasteiger partial charge in [0.15, 0.2) is 0 Å². The van der Waals surface area contributed by atoms with Crippen molar-refractivity contribution in [3.05, 3.63) is 49.5 Å². The predicted octanol–water partition coefficient (Wildman–Crippen LogP) is 3.01. The van der Waals surface area contributed by atoms with Crippen LogP contribution in [0.3, 0.4) is 0 Å². The summed E-state index contributed by atoms with van der Waals surface area (Å²) < 4.78 is 16.0. The number of aryl methyl sites for hydroxylation is 1. The van der Waals surface area contributed by atoms with Gasteiger partial charge in [0, 0.05) is 16.2 Å². The zero-order chi connectivity index (χ0) is 12.6. The molecule has 2 rings (SSSR count). The van der Waals surface area contributed by atoms with Crippen LogP contribution in [-0.2, 0) is 7.05 Å². The summed E-state index contributed by atoms with van der Waals surface area (Å²) in [5.41, 5.74) is 1.31. The first kappa shape index (κ1) is 13.0. The van der Waals surface area contributed by atoms with Gasteiger partial charge in [0.2, 0.25) is 0 Å². The molecule has 6 heteroatoms. The van der Waals surface area contributed by atoms with E-state index >= 15 is 0 Å². The molecule has 0 saturated carbocycles. The van der Waals surface area contributed by atoms with E-state index < -0.39 is 6.10 Å². The molecule has 0 saturated heterocycles. The first-order valence-electron chi connectivity index (χ1n) is 4.81. The molecule has 0 amide bonds. The lowest BCUT2D eigenvalue weighted by Crippen LogP contribution is -2.08. The maximum atomic E-state index is 13.0. The van der Waals surface area contributed by atoms with Gasteiger partial charge < -0.3 is 5.11 Å². The summed E-state index contributed by atoms with van der Waals surface area (Å²) in [5.74, 6) is -0.311. The third-order valence-corrected chi connectivity index (χ3v) is 4.00. The van der Waals surface area contributed by atoms with Gasteiger partial charge in [-0.3, -0.25) is 4.68 Å². The predicted molar refractivity (Wildman–Crippen MR) is 74.1 cm³/mol.